The number of rotatable bonds is 4. The molecule has 3 aromatic rings. The summed E-state index contributed by atoms with van der Waals surface area (Å²) >= 11 is 5.92. The van der Waals surface area contributed by atoms with Gasteiger partial charge in [0.15, 0.2) is 0 Å². The van der Waals surface area contributed by atoms with Gasteiger partial charge >= 0.3 is 0 Å². The quantitative estimate of drug-likeness (QED) is 0.672. The van der Waals surface area contributed by atoms with Gasteiger partial charge in [-0.2, -0.15) is 0 Å². The molecule has 2 N–H and O–H groups in total. The zero-order valence-electron chi connectivity index (χ0n) is 14.1. The number of carbonyl (C=O) groups is 2. The van der Waals surface area contributed by atoms with Crippen LogP contribution in [-0.2, 0) is 0 Å². The van der Waals surface area contributed by atoms with Gasteiger partial charge in [0, 0.05) is 27.5 Å². The van der Waals surface area contributed by atoms with Gasteiger partial charge in [0.05, 0.1) is 0 Å². The largest absolute Gasteiger partial charge is 0.322 e. The average molecular weight is 365 g/mol. The van der Waals surface area contributed by atoms with Gasteiger partial charge in [-0.05, 0) is 61.0 Å². The fraction of sp³-hybridized carbons (Fsp3) is 0.0476. The molecule has 0 aliphatic carbocycles. The second-order valence-corrected chi connectivity index (χ2v) is 6.25. The summed E-state index contributed by atoms with van der Waals surface area (Å²) in [6, 6.07) is 21.1. The van der Waals surface area contributed by atoms with Crippen LogP contribution in [0.3, 0.4) is 0 Å². The predicted molar refractivity (Wildman–Crippen MR) is 105 cm³/mol. The van der Waals surface area contributed by atoms with Crippen LogP contribution in [0, 0.1) is 6.92 Å². The van der Waals surface area contributed by atoms with Gasteiger partial charge in [-0.3, -0.25) is 9.59 Å². The highest BCUT2D eigenvalue weighted by molar-refractivity contribution is 6.31. The van der Waals surface area contributed by atoms with Gasteiger partial charge in [-0.25, -0.2) is 0 Å². The standard InChI is InChI=1S/C21H17ClN2O2/c1-14-12-18(23-21(26)16-8-5-9-17(22)13-16)10-11-19(14)24-20(25)15-6-3-2-4-7-15/h2-13H,1H3,(H,23,26)(H,24,25). The highest BCUT2D eigenvalue weighted by Crippen LogP contribution is 2.21. The number of halogens is 1. The van der Waals surface area contributed by atoms with Crippen LogP contribution in [0.15, 0.2) is 72.8 Å². The first-order valence-corrected chi connectivity index (χ1v) is 8.45. The molecule has 130 valence electrons. The van der Waals surface area contributed by atoms with Crippen molar-refractivity contribution in [2.24, 2.45) is 0 Å². The Morgan fingerprint density at radius 3 is 2.15 bits per heavy atom. The van der Waals surface area contributed by atoms with Gasteiger partial charge in [0.2, 0.25) is 0 Å². The van der Waals surface area contributed by atoms with Crippen LogP contribution < -0.4 is 10.6 Å². The normalized spacial score (nSPS) is 10.2. The number of amides is 2. The molecule has 5 heteroatoms. The van der Waals surface area contributed by atoms with Crippen LogP contribution in [0.2, 0.25) is 5.02 Å². The maximum absolute atomic E-state index is 12.3. The lowest BCUT2D eigenvalue weighted by Crippen LogP contribution is -2.14. The first kappa shape index (κ1) is 17.7. The first-order chi connectivity index (χ1) is 12.5. The van der Waals surface area contributed by atoms with E-state index in [4.69, 9.17) is 11.6 Å². The van der Waals surface area contributed by atoms with Crippen molar-refractivity contribution in [2.75, 3.05) is 10.6 Å². The Kier molecular flexibility index (Phi) is 5.34. The second kappa shape index (κ2) is 7.85. The van der Waals surface area contributed by atoms with Crippen LogP contribution in [0.5, 0.6) is 0 Å². The van der Waals surface area contributed by atoms with E-state index < -0.39 is 0 Å². The number of nitrogens with one attached hydrogen (secondary N) is 2. The summed E-state index contributed by atoms with van der Waals surface area (Å²) in [5.74, 6) is -0.419. The molecule has 0 atom stereocenters. The summed E-state index contributed by atoms with van der Waals surface area (Å²) in [7, 11) is 0. The minimum Gasteiger partial charge on any atom is -0.322 e. The third-order valence-electron chi connectivity index (χ3n) is 3.86. The number of hydrogen-bond donors (Lipinski definition) is 2. The van der Waals surface area contributed by atoms with E-state index in [1.54, 1.807) is 48.5 Å². The molecule has 0 bridgehead atoms. The van der Waals surface area contributed by atoms with E-state index in [1.165, 1.54) is 0 Å². The van der Waals surface area contributed by atoms with E-state index >= 15 is 0 Å². The zero-order valence-corrected chi connectivity index (χ0v) is 14.9. The van der Waals surface area contributed by atoms with E-state index in [0.29, 0.717) is 27.5 Å². The Hall–Kier alpha value is -3.11. The molecule has 0 aromatic heterocycles. The lowest BCUT2D eigenvalue weighted by Gasteiger charge is -2.11. The molecule has 0 spiro atoms. The van der Waals surface area contributed by atoms with E-state index in [1.807, 2.05) is 31.2 Å². The van der Waals surface area contributed by atoms with Crippen LogP contribution >= 0.6 is 11.6 Å². The molecule has 3 aromatic carbocycles. The minimum atomic E-state index is -0.243. The monoisotopic (exact) mass is 364 g/mol. The molecular weight excluding hydrogens is 348 g/mol. The lowest BCUT2D eigenvalue weighted by atomic mass is 10.1. The third-order valence-corrected chi connectivity index (χ3v) is 4.09. The minimum absolute atomic E-state index is 0.176. The summed E-state index contributed by atoms with van der Waals surface area (Å²) in [5.41, 5.74) is 3.25. The predicted octanol–water partition coefficient (Wildman–Crippen LogP) is 5.15. The number of hydrogen-bond acceptors (Lipinski definition) is 2. The van der Waals surface area contributed by atoms with Crippen molar-refractivity contribution in [3.8, 4) is 0 Å². The summed E-state index contributed by atoms with van der Waals surface area (Å²) in [6.45, 7) is 1.87. The maximum Gasteiger partial charge on any atom is 0.255 e. The third kappa shape index (κ3) is 4.29. The van der Waals surface area contributed by atoms with Crippen molar-refractivity contribution < 1.29 is 9.59 Å². The van der Waals surface area contributed by atoms with Gasteiger partial charge in [-0.1, -0.05) is 35.9 Å². The summed E-state index contributed by atoms with van der Waals surface area (Å²) in [5, 5.41) is 6.21. The average Bonchev–Trinajstić information content (AvgIpc) is 2.64. The fourth-order valence-electron chi connectivity index (χ4n) is 2.50. The van der Waals surface area contributed by atoms with Gasteiger partial charge in [0.25, 0.3) is 11.8 Å². The van der Waals surface area contributed by atoms with Crippen LogP contribution in [0.25, 0.3) is 0 Å². The molecule has 0 unspecified atom stereocenters. The highest BCUT2D eigenvalue weighted by Gasteiger charge is 2.10. The smallest absolute Gasteiger partial charge is 0.255 e. The van der Waals surface area contributed by atoms with Crippen LogP contribution in [0.1, 0.15) is 26.3 Å². The summed E-state index contributed by atoms with van der Waals surface area (Å²) in [4.78, 5) is 24.5. The molecule has 2 amide bonds. The van der Waals surface area contributed by atoms with Crippen molar-refractivity contribution in [1.29, 1.82) is 0 Å². The van der Waals surface area contributed by atoms with E-state index in [2.05, 4.69) is 10.6 Å². The SMILES string of the molecule is Cc1cc(NC(=O)c2cccc(Cl)c2)ccc1NC(=O)c1ccccc1. The zero-order chi connectivity index (χ0) is 18.5. The van der Waals surface area contributed by atoms with Crippen molar-refractivity contribution >= 4 is 34.8 Å². The highest BCUT2D eigenvalue weighted by atomic mass is 35.5. The molecule has 3 rings (SSSR count). The molecule has 0 heterocycles. The molecule has 0 saturated carbocycles. The molecule has 0 aliphatic rings. The van der Waals surface area contributed by atoms with Gasteiger partial charge in [-0.15, -0.1) is 0 Å². The number of benzene rings is 3. The molecule has 26 heavy (non-hydrogen) atoms. The van der Waals surface area contributed by atoms with Crippen molar-refractivity contribution in [3.63, 3.8) is 0 Å². The van der Waals surface area contributed by atoms with Crippen molar-refractivity contribution in [1.82, 2.24) is 0 Å². The maximum atomic E-state index is 12.3. The molecule has 4 nitrogen and oxygen atoms in total. The number of anilines is 2. The van der Waals surface area contributed by atoms with E-state index in [0.717, 1.165) is 5.56 Å². The van der Waals surface area contributed by atoms with E-state index in [9.17, 15) is 9.59 Å². The Labute approximate surface area is 156 Å². The Morgan fingerprint density at radius 2 is 1.46 bits per heavy atom. The fourth-order valence-corrected chi connectivity index (χ4v) is 2.69. The molecule has 0 radical (unpaired) electrons. The van der Waals surface area contributed by atoms with Crippen molar-refractivity contribution in [3.05, 3.63) is 94.5 Å². The molecule has 0 saturated heterocycles. The Morgan fingerprint density at radius 1 is 0.769 bits per heavy atom. The Balaban J connectivity index is 1.71. The van der Waals surface area contributed by atoms with Crippen LogP contribution in [0.4, 0.5) is 11.4 Å². The summed E-state index contributed by atoms with van der Waals surface area (Å²) < 4.78 is 0. The topological polar surface area (TPSA) is 58.2 Å². The lowest BCUT2D eigenvalue weighted by molar-refractivity contribution is 0.101. The first-order valence-electron chi connectivity index (χ1n) is 8.07. The number of carbonyl (C=O) groups excluding carboxylic acids is 2. The molecule has 0 aliphatic heterocycles. The summed E-state index contributed by atoms with van der Waals surface area (Å²) in [6.07, 6.45) is 0. The van der Waals surface area contributed by atoms with E-state index in [-0.39, 0.29) is 11.8 Å². The molecule has 0 fully saturated rings. The Bertz CT molecular complexity index is 955. The van der Waals surface area contributed by atoms with Gasteiger partial charge < -0.3 is 10.6 Å². The molecular formula is C21H17ClN2O2. The van der Waals surface area contributed by atoms with Crippen molar-refractivity contribution in [2.45, 2.75) is 6.92 Å². The number of aryl methyl sites for hydroxylation is 1. The van der Waals surface area contributed by atoms with Gasteiger partial charge in [0.1, 0.15) is 0 Å². The van der Waals surface area contributed by atoms with Crippen LogP contribution in [-0.4, -0.2) is 11.8 Å². The second-order valence-electron chi connectivity index (χ2n) is 5.81.